The standard InChI is InChI=1S/C25H29O4P/c1-17(2)22-13-15-23(16-14-22)27-30(26,28-24-18(3)9-7-10-19(24)4)29-25-20(5)11-8-12-21(25)6/h7-17H,1-6H3. The molecule has 0 aliphatic rings. The van der Waals surface area contributed by atoms with Crippen LogP contribution < -0.4 is 13.6 Å². The molecule has 3 rings (SSSR count). The molecule has 3 aromatic rings. The maximum absolute atomic E-state index is 13.9. The van der Waals surface area contributed by atoms with Gasteiger partial charge in [-0.25, -0.2) is 0 Å². The minimum atomic E-state index is -4.03. The first-order valence-corrected chi connectivity index (χ1v) is 11.6. The van der Waals surface area contributed by atoms with Crippen molar-refractivity contribution < 1.29 is 18.1 Å². The van der Waals surface area contributed by atoms with E-state index in [4.69, 9.17) is 13.6 Å². The van der Waals surface area contributed by atoms with Gasteiger partial charge in [0.15, 0.2) is 0 Å². The van der Waals surface area contributed by atoms with Crippen LogP contribution in [-0.4, -0.2) is 0 Å². The Morgan fingerprint density at radius 3 is 1.40 bits per heavy atom. The monoisotopic (exact) mass is 424 g/mol. The highest BCUT2D eigenvalue weighted by molar-refractivity contribution is 7.49. The fourth-order valence-corrected chi connectivity index (χ4v) is 4.72. The van der Waals surface area contributed by atoms with Gasteiger partial charge in [0.05, 0.1) is 0 Å². The molecule has 0 aliphatic carbocycles. The number of aryl methyl sites for hydroxylation is 4. The highest BCUT2D eigenvalue weighted by atomic mass is 31.2. The molecule has 4 nitrogen and oxygen atoms in total. The average Bonchev–Trinajstić information content (AvgIpc) is 2.68. The van der Waals surface area contributed by atoms with Crippen molar-refractivity contribution in [2.45, 2.75) is 47.5 Å². The fourth-order valence-electron chi connectivity index (χ4n) is 3.21. The van der Waals surface area contributed by atoms with E-state index in [9.17, 15) is 4.57 Å². The van der Waals surface area contributed by atoms with Crippen molar-refractivity contribution in [2.24, 2.45) is 0 Å². The van der Waals surface area contributed by atoms with Gasteiger partial charge < -0.3 is 13.6 Å². The second-order valence-corrected chi connectivity index (χ2v) is 9.33. The summed E-state index contributed by atoms with van der Waals surface area (Å²) in [6, 6.07) is 19.0. The van der Waals surface area contributed by atoms with Crippen LogP contribution in [0, 0.1) is 27.7 Å². The summed E-state index contributed by atoms with van der Waals surface area (Å²) in [5, 5.41) is 0. The Morgan fingerprint density at radius 1 is 0.633 bits per heavy atom. The third kappa shape index (κ3) is 5.06. The molecule has 0 saturated heterocycles. The molecule has 0 aromatic heterocycles. The normalized spacial score (nSPS) is 11.4. The lowest BCUT2D eigenvalue weighted by molar-refractivity contribution is 0.295. The highest BCUT2D eigenvalue weighted by Crippen LogP contribution is 2.52. The Hall–Kier alpha value is -2.71. The lowest BCUT2D eigenvalue weighted by Crippen LogP contribution is -2.10. The molecule has 0 atom stereocenters. The maximum Gasteiger partial charge on any atom is 0.647 e. The van der Waals surface area contributed by atoms with Crippen LogP contribution in [0.1, 0.15) is 47.6 Å². The van der Waals surface area contributed by atoms with Gasteiger partial charge >= 0.3 is 7.82 Å². The Bertz CT molecular complexity index is 973. The average molecular weight is 424 g/mol. The molecular weight excluding hydrogens is 395 g/mol. The van der Waals surface area contributed by atoms with E-state index in [0.717, 1.165) is 22.3 Å². The van der Waals surface area contributed by atoms with Crippen LogP contribution in [0.25, 0.3) is 0 Å². The quantitative estimate of drug-likeness (QED) is 0.365. The van der Waals surface area contributed by atoms with Crippen molar-refractivity contribution in [3.8, 4) is 17.2 Å². The van der Waals surface area contributed by atoms with E-state index in [1.54, 1.807) is 12.1 Å². The summed E-state index contributed by atoms with van der Waals surface area (Å²) >= 11 is 0. The predicted molar refractivity (Wildman–Crippen MR) is 122 cm³/mol. The summed E-state index contributed by atoms with van der Waals surface area (Å²) < 4.78 is 31.7. The minimum Gasteiger partial charge on any atom is -0.386 e. The molecule has 0 radical (unpaired) electrons. The Labute approximate surface area is 179 Å². The van der Waals surface area contributed by atoms with Crippen LogP contribution >= 0.6 is 7.82 Å². The van der Waals surface area contributed by atoms with Crippen molar-refractivity contribution >= 4 is 7.82 Å². The van der Waals surface area contributed by atoms with Gasteiger partial charge in [-0.1, -0.05) is 62.4 Å². The van der Waals surface area contributed by atoms with E-state index in [2.05, 4.69) is 13.8 Å². The fraction of sp³-hybridized carbons (Fsp3) is 0.280. The Balaban J connectivity index is 2.00. The first kappa shape index (κ1) is 22.0. The summed E-state index contributed by atoms with van der Waals surface area (Å²) in [6.07, 6.45) is 0. The zero-order chi connectivity index (χ0) is 21.9. The first-order chi connectivity index (χ1) is 14.2. The second-order valence-electron chi connectivity index (χ2n) is 7.89. The van der Waals surface area contributed by atoms with E-state index in [1.165, 1.54) is 5.56 Å². The molecule has 0 saturated carbocycles. The minimum absolute atomic E-state index is 0.391. The van der Waals surface area contributed by atoms with E-state index >= 15 is 0 Å². The van der Waals surface area contributed by atoms with Crippen LogP contribution in [0.3, 0.4) is 0 Å². The summed E-state index contributed by atoms with van der Waals surface area (Å²) in [4.78, 5) is 0. The molecule has 5 heteroatoms. The molecule has 158 valence electrons. The maximum atomic E-state index is 13.9. The lowest BCUT2D eigenvalue weighted by Gasteiger charge is -2.23. The van der Waals surface area contributed by atoms with Gasteiger partial charge in [-0.2, -0.15) is 4.57 Å². The largest absolute Gasteiger partial charge is 0.647 e. The van der Waals surface area contributed by atoms with E-state index in [1.807, 2.05) is 76.2 Å². The van der Waals surface area contributed by atoms with Crippen LogP contribution in [0.4, 0.5) is 0 Å². The van der Waals surface area contributed by atoms with Crippen molar-refractivity contribution in [1.82, 2.24) is 0 Å². The number of phosphoric ester groups is 1. The summed E-state index contributed by atoms with van der Waals surface area (Å²) in [6.45, 7) is 11.9. The summed E-state index contributed by atoms with van der Waals surface area (Å²) in [7, 11) is -4.03. The predicted octanol–water partition coefficient (Wildman–Crippen LogP) is 7.69. The first-order valence-electron chi connectivity index (χ1n) is 10.1. The number of hydrogen-bond acceptors (Lipinski definition) is 4. The molecular formula is C25H29O4P. The number of benzene rings is 3. The number of para-hydroxylation sites is 2. The molecule has 0 fully saturated rings. The molecule has 0 aliphatic heterocycles. The Kier molecular flexibility index (Phi) is 6.58. The van der Waals surface area contributed by atoms with E-state index in [0.29, 0.717) is 23.2 Å². The molecule has 0 amide bonds. The second kappa shape index (κ2) is 8.97. The summed E-state index contributed by atoms with van der Waals surface area (Å²) in [5.41, 5.74) is 4.61. The third-order valence-corrected chi connectivity index (χ3v) is 6.23. The van der Waals surface area contributed by atoms with Gasteiger partial charge in [0.1, 0.15) is 17.2 Å². The number of hydrogen-bond donors (Lipinski definition) is 0. The zero-order valence-corrected chi connectivity index (χ0v) is 19.3. The molecule has 0 spiro atoms. The van der Waals surface area contributed by atoms with Gasteiger partial charge in [0, 0.05) is 0 Å². The number of phosphoric acid groups is 1. The van der Waals surface area contributed by atoms with Crippen LogP contribution in [0.5, 0.6) is 17.2 Å². The van der Waals surface area contributed by atoms with Gasteiger partial charge in [0.25, 0.3) is 0 Å². The zero-order valence-electron chi connectivity index (χ0n) is 18.4. The Morgan fingerprint density at radius 2 is 1.03 bits per heavy atom. The lowest BCUT2D eigenvalue weighted by atomic mass is 10.0. The van der Waals surface area contributed by atoms with Crippen LogP contribution in [0.15, 0.2) is 60.7 Å². The van der Waals surface area contributed by atoms with Gasteiger partial charge in [-0.05, 0) is 73.6 Å². The van der Waals surface area contributed by atoms with Crippen molar-refractivity contribution in [1.29, 1.82) is 0 Å². The smallest absolute Gasteiger partial charge is 0.386 e. The van der Waals surface area contributed by atoms with Crippen LogP contribution in [-0.2, 0) is 4.57 Å². The van der Waals surface area contributed by atoms with Gasteiger partial charge in [0.2, 0.25) is 0 Å². The van der Waals surface area contributed by atoms with Crippen molar-refractivity contribution in [3.63, 3.8) is 0 Å². The molecule has 0 unspecified atom stereocenters. The van der Waals surface area contributed by atoms with Gasteiger partial charge in [-0.15, -0.1) is 0 Å². The number of rotatable bonds is 7. The highest BCUT2D eigenvalue weighted by Gasteiger charge is 2.35. The third-order valence-electron chi connectivity index (χ3n) is 4.99. The van der Waals surface area contributed by atoms with E-state index in [-0.39, 0.29) is 0 Å². The van der Waals surface area contributed by atoms with Gasteiger partial charge in [-0.3, -0.25) is 0 Å². The van der Waals surface area contributed by atoms with Crippen molar-refractivity contribution in [2.75, 3.05) is 0 Å². The van der Waals surface area contributed by atoms with Crippen molar-refractivity contribution in [3.05, 3.63) is 88.5 Å². The SMILES string of the molecule is Cc1cccc(C)c1OP(=O)(Oc1ccc(C(C)C)cc1)Oc1c(C)cccc1C. The molecule has 0 heterocycles. The summed E-state index contributed by atoms with van der Waals surface area (Å²) in [5.74, 6) is 1.83. The molecule has 0 bridgehead atoms. The molecule has 0 N–H and O–H groups in total. The molecule has 3 aromatic carbocycles. The van der Waals surface area contributed by atoms with E-state index < -0.39 is 7.82 Å². The van der Waals surface area contributed by atoms with Crippen LogP contribution in [0.2, 0.25) is 0 Å². The topological polar surface area (TPSA) is 44.8 Å². The molecule has 30 heavy (non-hydrogen) atoms.